The summed E-state index contributed by atoms with van der Waals surface area (Å²) in [6.07, 6.45) is 7.08. The first-order chi connectivity index (χ1) is 13.9. The zero-order valence-electron chi connectivity index (χ0n) is 18.2. The van der Waals surface area contributed by atoms with Crippen LogP contribution in [0.15, 0.2) is 86.5 Å². The Hall–Kier alpha value is -0.570. The largest absolute Gasteiger partial charge is 1.00 e. The van der Waals surface area contributed by atoms with Crippen molar-refractivity contribution < 1.29 is 49.5 Å². The predicted molar refractivity (Wildman–Crippen MR) is 126 cm³/mol. The molecule has 0 aromatic heterocycles. The first-order valence-corrected chi connectivity index (χ1v) is 15.5. The molecule has 0 N–H and O–H groups in total. The van der Waals surface area contributed by atoms with Crippen LogP contribution in [-0.4, -0.2) is 8.07 Å². The van der Waals surface area contributed by atoms with E-state index in [1.807, 2.05) is 17.0 Å². The van der Waals surface area contributed by atoms with Gasteiger partial charge in [-0.1, -0.05) is 47.4 Å². The fourth-order valence-electron chi connectivity index (χ4n) is 5.21. The quantitative estimate of drug-likeness (QED) is 0.479. The first kappa shape index (κ1) is 25.1. The van der Waals surface area contributed by atoms with E-state index in [-0.39, 0.29) is 24.8 Å². The summed E-state index contributed by atoms with van der Waals surface area (Å²) in [4.78, 5) is 3.21. The Morgan fingerprint density at radius 3 is 2.32 bits per heavy atom. The van der Waals surface area contributed by atoms with Crippen LogP contribution in [0.1, 0.15) is 28.6 Å². The van der Waals surface area contributed by atoms with Crippen molar-refractivity contribution in [2.24, 2.45) is 5.92 Å². The van der Waals surface area contributed by atoms with Crippen LogP contribution in [0, 0.1) is 5.92 Å². The molecular formula is C26H25Cl2SSiZr. The van der Waals surface area contributed by atoms with E-state index in [0.29, 0.717) is 3.63 Å². The van der Waals surface area contributed by atoms with Gasteiger partial charge in [-0.25, -0.2) is 0 Å². The van der Waals surface area contributed by atoms with Crippen molar-refractivity contribution in [1.29, 1.82) is 0 Å². The third-order valence-electron chi connectivity index (χ3n) is 6.72. The van der Waals surface area contributed by atoms with Gasteiger partial charge in [-0.05, 0) is 16.7 Å². The summed E-state index contributed by atoms with van der Waals surface area (Å²) < 4.78 is 0.654. The average Bonchev–Trinajstić information content (AvgIpc) is 3.32. The van der Waals surface area contributed by atoms with Crippen LogP contribution >= 0.6 is 11.8 Å². The minimum atomic E-state index is -1.06. The van der Waals surface area contributed by atoms with E-state index in [1.165, 1.54) is 27.8 Å². The van der Waals surface area contributed by atoms with Crippen LogP contribution in [0.25, 0.3) is 17.2 Å². The van der Waals surface area contributed by atoms with Crippen molar-refractivity contribution in [3.05, 3.63) is 97.6 Å². The molecule has 0 saturated carbocycles. The number of thioether (sulfide) groups is 1. The second-order valence-corrected chi connectivity index (χ2v) is 15.9. The van der Waals surface area contributed by atoms with E-state index in [2.05, 4.69) is 93.7 Å². The smallest absolute Gasteiger partial charge is 1.00 e. The Balaban J connectivity index is 0.000000173. The molecule has 5 heteroatoms. The summed E-state index contributed by atoms with van der Waals surface area (Å²) in [6.45, 7) is 9.51. The second kappa shape index (κ2) is 9.35. The number of halogens is 2. The van der Waals surface area contributed by atoms with E-state index in [1.54, 1.807) is 39.7 Å². The normalized spacial score (nSPS) is 23.1. The summed E-state index contributed by atoms with van der Waals surface area (Å²) in [7, 11) is -1.06. The van der Waals surface area contributed by atoms with Crippen molar-refractivity contribution in [2.75, 3.05) is 0 Å². The molecule has 1 saturated heterocycles. The fraction of sp³-hybridized carbons (Fsp3) is 0.231. The summed E-state index contributed by atoms with van der Waals surface area (Å²) in [5, 5.41) is 3.60. The number of allylic oxidation sites excluding steroid dienone is 7. The summed E-state index contributed by atoms with van der Waals surface area (Å²) in [6, 6.07) is 17.3. The van der Waals surface area contributed by atoms with Gasteiger partial charge in [-0.15, -0.1) is 0 Å². The number of fused-ring (bicyclic) bond motifs is 1. The number of hydrogen-bond acceptors (Lipinski definition) is 1. The van der Waals surface area contributed by atoms with Gasteiger partial charge in [0.25, 0.3) is 0 Å². The van der Waals surface area contributed by atoms with Crippen LogP contribution in [-0.2, 0) is 24.7 Å². The molecule has 1 fully saturated rings. The van der Waals surface area contributed by atoms with Crippen molar-refractivity contribution >= 4 is 25.9 Å². The Labute approximate surface area is 219 Å². The third-order valence-corrected chi connectivity index (χ3v) is 13.8. The van der Waals surface area contributed by atoms with Gasteiger partial charge in [0.1, 0.15) is 8.07 Å². The molecule has 0 spiro atoms. The number of rotatable bonds is 1. The zero-order valence-corrected chi connectivity index (χ0v) is 24.0. The molecule has 0 amide bonds. The van der Waals surface area contributed by atoms with Gasteiger partial charge in [-0.2, -0.15) is 0 Å². The molecule has 2 aliphatic carbocycles. The van der Waals surface area contributed by atoms with Crippen LogP contribution in [0.5, 0.6) is 0 Å². The van der Waals surface area contributed by atoms with Crippen LogP contribution in [0.2, 0.25) is 13.1 Å². The van der Waals surface area contributed by atoms with Crippen molar-refractivity contribution in [1.82, 2.24) is 0 Å². The maximum Gasteiger partial charge on any atom is -1.00 e. The minimum Gasteiger partial charge on any atom is -1.00 e. The van der Waals surface area contributed by atoms with E-state index in [9.17, 15) is 0 Å². The standard InChI is InChI=1S/C16H13.C10H12SSi.2ClH.Zr/c1-12-10-14-8-5-9-15(16(14)11-12)13-6-3-2-4-7-13;1-6-10-9-7(11-6)4-5-8(9)12(10,2)3;;;/h2-11H,1H3;4-5,9H,1-3H3;2*1H;/q;;;;+2/p-2. The molecule has 0 bridgehead atoms. The van der Waals surface area contributed by atoms with Crippen LogP contribution < -0.4 is 24.8 Å². The van der Waals surface area contributed by atoms with Crippen molar-refractivity contribution in [3.63, 3.8) is 0 Å². The van der Waals surface area contributed by atoms with Crippen molar-refractivity contribution in [2.45, 2.75) is 30.6 Å². The van der Waals surface area contributed by atoms with E-state index < -0.39 is 8.07 Å². The SMILES string of the molecule is CC1=C2C3C(=CC=C3[Si]2(C)C)S1.CC1=Cc2c(-c3ccccc3)cccc2[CH]1[Zr+2].[Cl-].[Cl-]. The molecular weight excluding hydrogens is 535 g/mol. The van der Waals surface area contributed by atoms with Crippen LogP contribution in [0.4, 0.5) is 0 Å². The summed E-state index contributed by atoms with van der Waals surface area (Å²) >= 11 is 3.60. The molecule has 31 heavy (non-hydrogen) atoms. The summed E-state index contributed by atoms with van der Waals surface area (Å²) in [5.41, 5.74) is 7.12. The van der Waals surface area contributed by atoms with Gasteiger partial charge < -0.3 is 24.8 Å². The molecule has 2 atom stereocenters. The maximum absolute atomic E-state index is 2.48. The molecule has 2 heterocycles. The molecule has 2 aliphatic heterocycles. The van der Waals surface area contributed by atoms with Crippen molar-refractivity contribution in [3.8, 4) is 11.1 Å². The molecule has 2 unspecified atom stereocenters. The Morgan fingerprint density at radius 1 is 0.903 bits per heavy atom. The molecule has 6 rings (SSSR count). The predicted octanol–water partition coefficient (Wildman–Crippen LogP) is 1.61. The maximum atomic E-state index is 2.48. The second-order valence-electron chi connectivity index (χ2n) is 8.82. The average molecular weight is 560 g/mol. The Kier molecular flexibility index (Phi) is 7.56. The number of hydrogen-bond donors (Lipinski definition) is 0. The molecule has 0 radical (unpaired) electrons. The Bertz CT molecular complexity index is 1150. The van der Waals surface area contributed by atoms with Gasteiger partial charge >= 0.3 is 118 Å². The minimum absolute atomic E-state index is 0. The summed E-state index contributed by atoms with van der Waals surface area (Å²) in [5.74, 6) is 0.789. The molecule has 157 valence electrons. The number of benzene rings is 2. The van der Waals surface area contributed by atoms with E-state index in [4.69, 9.17) is 0 Å². The fourth-order valence-corrected chi connectivity index (χ4v) is 11.8. The van der Waals surface area contributed by atoms with E-state index >= 15 is 0 Å². The molecule has 2 aromatic rings. The monoisotopic (exact) mass is 557 g/mol. The topological polar surface area (TPSA) is 0 Å². The molecule has 2 aromatic carbocycles. The Morgan fingerprint density at radius 2 is 1.61 bits per heavy atom. The van der Waals surface area contributed by atoms with Gasteiger partial charge in [0.2, 0.25) is 0 Å². The van der Waals surface area contributed by atoms with Gasteiger partial charge in [0, 0.05) is 5.92 Å². The van der Waals surface area contributed by atoms with Gasteiger partial charge in [-0.3, -0.25) is 0 Å². The molecule has 4 aliphatic rings. The van der Waals surface area contributed by atoms with Gasteiger partial charge in [0.05, 0.1) is 0 Å². The van der Waals surface area contributed by atoms with Crippen LogP contribution in [0.3, 0.4) is 0 Å². The zero-order chi connectivity index (χ0) is 20.3. The van der Waals surface area contributed by atoms with Gasteiger partial charge in [0.15, 0.2) is 0 Å². The molecule has 0 nitrogen and oxygen atoms in total. The van der Waals surface area contributed by atoms with E-state index in [0.717, 1.165) is 5.92 Å². The third kappa shape index (κ3) is 4.00. The first-order valence-electron chi connectivity index (χ1n) is 10.3.